The van der Waals surface area contributed by atoms with Crippen molar-refractivity contribution in [2.24, 2.45) is 17.8 Å². The Bertz CT molecular complexity index is 545. The Hall–Kier alpha value is -0.460. The lowest BCUT2D eigenvalue weighted by molar-refractivity contribution is 0.363. The standard InChI is InChI=1S/C20H24Cl2/c1-14(19(21)12-10-15-6-2-4-8-17(15)19)20(22)13-11-16-7-3-5-9-18(16)20/h2-5,8-9,14-16H,6-7,10-13H2,1H3. The van der Waals surface area contributed by atoms with Crippen molar-refractivity contribution in [1.82, 2.24) is 0 Å². The molecular formula is C20H24Cl2. The molecule has 0 amide bonds. The monoisotopic (exact) mass is 334 g/mol. The van der Waals surface area contributed by atoms with Gasteiger partial charge in [-0.25, -0.2) is 0 Å². The maximum absolute atomic E-state index is 7.26. The van der Waals surface area contributed by atoms with Gasteiger partial charge in [-0.1, -0.05) is 43.4 Å². The molecule has 4 aliphatic rings. The van der Waals surface area contributed by atoms with Gasteiger partial charge in [-0.15, -0.1) is 23.2 Å². The van der Waals surface area contributed by atoms with E-state index < -0.39 is 0 Å². The lowest BCUT2D eigenvalue weighted by Crippen LogP contribution is -2.44. The lowest BCUT2D eigenvalue weighted by Gasteiger charge is -2.42. The van der Waals surface area contributed by atoms with Gasteiger partial charge in [-0.05, 0) is 61.5 Å². The molecule has 4 atom stereocenters. The average Bonchev–Trinajstić information content (AvgIpc) is 3.08. The zero-order chi connectivity index (χ0) is 15.4. The van der Waals surface area contributed by atoms with Crippen LogP contribution in [-0.2, 0) is 0 Å². The van der Waals surface area contributed by atoms with Gasteiger partial charge in [-0.2, -0.15) is 0 Å². The summed E-state index contributed by atoms with van der Waals surface area (Å²) in [7, 11) is 0. The zero-order valence-corrected chi connectivity index (χ0v) is 14.7. The minimum absolute atomic E-state index is 0.256. The molecule has 22 heavy (non-hydrogen) atoms. The van der Waals surface area contributed by atoms with Crippen LogP contribution in [0.4, 0.5) is 0 Å². The molecule has 2 fully saturated rings. The van der Waals surface area contributed by atoms with E-state index in [0.717, 1.165) is 25.7 Å². The number of rotatable bonds is 2. The summed E-state index contributed by atoms with van der Waals surface area (Å²) in [6, 6.07) is 0. The molecule has 0 aliphatic heterocycles. The molecule has 0 spiro atoms. The minimum atomic E-state index is -0.256. The van der Waals surface area contributed by atoms with Crippen LogP contribution < -0.4 is 0 Å². The zero-order valence-electron chi connectivity index (χ0n) is 13.2. The van der Waals surface area contributed by atoms with Gasteiger partial charge in [0.1, 0.15) is 0 Å². The molecule has 4 aliphatic carbocycles. The summed E-state index contributed by atoms with van der Waals surface area (Å²) in [6.45, 7) is 2.29. The molecular weight excluding hydrogens is 311 g/mol. The molecule has 0 aromatic carbocycles. The summed E-state index contributed by atoms with van der Waals surface area (Å²) in [6.07, 6.45) is 20.3. The molecule has 4 unspecified atom stereocenters. The van der Waals surface area contributed by atoms with Crippen LogP contribution in [0.25, 0.3) is 0 Å². The van der Waals surface area contributed by atoms with Gasteiger partial charge in [0, 0.05) is 5.92 Å². The summed E-state index contributed by atoms with van der Waals surface area (Å²) in [5.74, 6) is 1.55. The van der Waals surface area contributed by atoms with Crippen LogP contribution >= 0.6 is 23.2 Å². The average molecular weight is 335 g/mol. The first-order chi connectivity index (χ1) is 10.6. The van der Waals surface area contributed by atoms with Crippen molar-refractivity contribution in [2.45, 2.75) is 55.2 Å². The largest absolute Gasteiger partial charge is 0.114 e. The van der Waals surface area contributed by atoms with E-state index in [1.54, 1.807) is 0 Å². The second kappa shape index (κ2) is 5.28. The normalized spacial score (nSPS) is 44.3. The molecule has 0 radical (unpaired) electrons. The number of allylic oxidation sites excluding steroid dienone is 8. The van der Waals surface area contributed by atoms with Crippen LogP contribution in [0.5, 0.6) is 0 Å². The van der Waals surface area contributed by atoms with Crippen molar-refractivity contribution in [1.29, 1.82) is 0 Å². The fourth-order valence-electron chi connectivity index (χ4n) is 5.21. The Morgan fingerprint density at radius 2 is 1.36 bits per heavy atom. The quantitative estimate of drug-likeness (QED) is 0.529. The van der Waals surface area contributed by atoms with E-state index in [-0.39, 0.29) is 15.7 Å². The highest BCUT2D eigenvalue weighted by atomic mass is 35.5. The van der Waals surface area contributed by atoms with Gasteiger partial charge in [0.2, 0.25) is 0 Å². The summed E-state index contributed by atoms with van der Waals surface area (Å²) in [5.41, 5.74) is 2.89. The van der Waals surface area contributed by atoms with Gasteiger partial charge >= 0.3 is 0 Å². The van der Waals surface area contributed by atoms with E-state index in [4.69, 9.17) is 23.2 Å². The third kappa shape index (κ3) is 2.03. The smallest absolute Gasteiger partial charge is 0.0706 e. The van der Waals surface area contributed by atoms with Gasteiger partial charge in [0.15, 0.2) is 0 Å². The molecule has 0 aromatic heterocycles. The SMILES string of the molecule is CC(C1(Cl)CCC2CC=CC=C21)C1(Cl)CCC2CC=CC=C21. The van der Waals surface area contributed by atoms with E-state index in [9.17, 15) is 0 Å². The van der Waals surface area contributed by atoms with Crippen molar-refractivity contribution >= 4 is 23.2 Å². The van der Waals surface area contributed by atoms with E-state index >= 15 is 0 Å². The fraction of sp³-hybridized carbons (Fsp3) is 0.600. The van der Waals surface area contributed by atoms with Crippen LogP contribution in [0.3, 0.4) is 0 Å². The molecule has 0 saturated heterocycles. The maximum atomic E-state index is 7.26. The summed E-state index contributed by atoms with van der Waals surface area (Å²) >= 11 is 14.5. The van der Waals surface area contributed by atoms with Crippen LogP contribution in [0.15, 0.2) is 47.6 Å². The number of hydrogen-bond donors (Lipinski definition) is 0. The molecule has 4 rings (SSSR count). The highest BCUT2D eigenvalue weighted by molar-refractivity contribution is 6.30. The van der Waals surface area contributed by atoms with Gasteiger partial charge in [0.05, 0.1) is 9.75 Å². The van der Waals surface area contributed by atoms with Crippen molar-refractivity contribution < 1.29 is 0 Å². The molecule has 2 heteroatoms. The third-order valence-corrected chi connectivity index (χ3v) is 8.06. The van der Waals surface area contributed by atoms with Crippen molar-refractivity contribution in [2.75, 3.05) is 0 Å². The molecule has 0 heterocycles. The summed E-state index contributed by atoms with van der Waals surface area (Å²) in [4.78, 5) is -0.512. The Morgan fingerprint density at radius 1 is 0.909 bits per heavy atom. The highest BCUT2D eigenvalue weighted by Crippen LogP contribution is 2.60. The van der Waals surface area contributed by atoms with Crippen LogP contribution in [-0.4, -0.2) is 9.75 Å². The van der Waals surface area contributed by atoms with Crippen LogP contribution in [0.1, 0.15) is 45.4 Å². The molecule has 2 saturated carbocycles. The minimum Gasteiger partial charge on any atom is -0.114 e. The van der Waals surface area contributed by atoms with Crippen molar-refractivity contribution in [3.05, 3.63) is 47.6 Å². The number of alkyl halides is 2. The van der Waals surface area contributed by atoms with E-state index in [1.807, 2.05) is 0 Å². The van der Waals surface area contributed by atoms with Crippen molar-refractivity contribution in [3.63, 3.8) is 0 Å². The van der Waals surface area contributed by atoms with Gasteiger partial charge in [-0.3, -0.25) is 0 Å². The summed E-state index contributed by atoms with van der Waals surface area (Å²) in [5, 5.41) is 0. The molecule has 0 bridgehead atoms. The van der Waals surface area contributed by atoms with E-state index in [2.05, 4.69) is 43.4 Å². The van der Waals surface area contributed by atoms with Gasteiger partial charge < -0.3 is 0 Å². The fourth-order valence-corrected chi connectivity index (χ4v) is 6.29. The number of fused-ring (bicyclic) bond motifs is 2. The van der Waals surface area contributed by atoms with Gasteiger partial charge in [0.25, 0.3) is 0 Å². The lowest BCUT2D eigenvalue weighted by atomic mass is 9.73. The predicted octanol–water partition coefficient (Wildman–Crippen LogP) is 6.17. The van der Waals surface area contributed by atoms with E-state index in [1.165, 1.54) is 24.0 Å². The first kappa shape index (κ1) is 15.1. The first-order valence-electron chi connectivity index (χ1n) is 8.68. The molecule has 0 aromatic rings. The van der Waals surface area contributed by atoms with E-state index in [0.29, 0.717) is 11.8 Å². The molecule has 118 valence electrons. The topological polar surface area (TPSA) is 0 Å². The Morgan fingerprint density at radius 3 is 1.82 bits per heavy atom. The molecule has 0 nitrogen and oxygen atoms in total. The first-order valence-corrected chi connectivity index (χ1v) is 9.43. The third-order valence-electron chi connectivity index (χ3n) is 6.59. The summed E-state index contributed by atoms with van der Waals surface area (Å²) < 4.78 is 0. The second-order valence-electron chi connectivity index (χ2n) is 7.49. The van der Waals surface area contributed by atoms with Crippen LogP contribution in [0, 0.1) is 17.8 Å². The van der Waals surface area contributed by atoms with Crippen LogP contribution in [0.2, 0.25) is 0 Å². The number of hydrogen-bond acceptors (Lipinski definition) is 0. The highest BCUT2D eigenvalue weighted by Gasteiger charge is 2.56. The Balaban J connectivity index is 1.70. The maximum Gasteiger partial charge on any atom is 0.0706 e. The number of halogens is 2. The van der Waals surface area contributed by atoms with Crippen molar-refractivity contribution in [3.8, 4) is 0 Å². The molecule has 0 N–H and O–H groups in total. The Kier molecular flexibility index (Phi) is 3.62. The predicted molar refractivity (Wildman–Crippen MR) is 95.5 cm³/mol. The Labute approximate surface area is 143 Å². The second-order valence-corrected chi connectivity index (χ2v) is 8.84.